The van der Waals surface area contributed by atoms with E-state index in [9.17, 15) is 5.11 Å². The third kappa shape index (κ3) is 6.81. The van der Waals surface area contributed by atoms with E-state index in [1.807, 2.05) is 19.2 Å². The molecule has 1 unspecified atom stereocenters. The van der Waals surface area contributed by atoms with Crippen molar-refractivity contribution in [2.75, 3.05) is 20.7 Å². The minimum absolute atomic E-state index is 0.0692. The molecule has 2 aliphatic heterocycles. The number of likely N-dealkylation sites (tertiary alicyclic amines) is 2. The van der Waals surface area contributed by atoms with Crippen molar-refractivity contribution >= 4 is 11.9 Å². The minimum atomic E-state index is -1.74. The van der Waals surface area contributed by atoms with E-state index in [0.29, 0.717) is 6.42 Å². The molecule has 2 fully saturated rings. The topological polar surface area (TPSA) is 72.8 Å². The fraction of sp³-hybridized carbons (Fsp3) is 0.810. The first-order chi connectivity index (χ1) is 22.0. The highest BCUT2D eigenvalue weighted by molar-refractivity contribution is 6.04. The summed E-state index contributed by atoms with van der Waals surface area (Å²) < 4.78 is 6.50. The Hall–Kier alpha value is -2.12. The molecule has 0 saturated carbocycles. The number of phenols is 1. The van der Waals surface area contributed by atoms with Gasteiger partial charge >= 0.3 is 17.5 Å². The van der Waals surface area contributed by atoms with Crippen LogP contribution in [0.4, 0.5) is 0 Å². The van der Waals surface area contributed by atoms with E-state index in [-0.39, 0.29) is 49.8 Å². The second-order valence-electron chi connectivity index (χ2n) is 20.3. The largest absolute Gasteiger partial charge is 0.507 e. The number of hydrogen-bond donors (Lipinski definition) is 1. The van der Waals surface area contributed by atoms with Gasteiger partial charge in [-0.15, -0.1) is 4.65 Å². The van der Waals surface area contributed by atoms with Crippen molar-refractivity contribution in [3.8, 4) is 5.75 Å². The first kappa shape index (κ1) is 41.3. The quantitative estimate of drug-likeness (QED) is 0.121. The van der Waals surface area contributed by atoms with Gasteiger partial charge in [0.1, 0.15) is 23.9 Å². The van der Waals surface area contributed by atoms with Crippen LogP contribution in [0.2, 0.25) is 0 Å². The number of piperidine rings is 2. The van der Waals surface area contributed by atoms with Gasteiger partial charge in [-0.3, -0.25) is 9.32 Å². The highest BCUT2D eigenvalue weighted by Gasteiger charge is 2.75. The predicted molar refractivity (Wildman–Crippen MR) is 200 cm³/mol. The number of ether oxygens (including phenoxy) is 1. The molecule has 0 spiro atoms. The number of quaternary nitrogens is 2. The van der Waals surface area contributed by atoms with Crippen LogP contribution in [-0.2, 0) is 36.4 Å². The van der Waals surface area contributed by atoms with Gasteiger partial charge in [-0.05, 0) is 102 Å². The van der Waals surface area contributed by atoms with Crippen LogP contribution in [0.3, 0.4) is 0 Å². The SMILES string of the molecule is CCCCOC(=O)C(Cc1cc(C(C)(C)C)c(O)c(C(C)(C)C)c1)(C(=O)O[N+]1(C)C(C)(C)CCCC1(C)C)[N+]1(C)C(C)(C)CCCC1(C)C. The first-order valence-corrected chi connectivity index (χ1v) is 19.0. The molecule has 0 aromatic heterocycles. The molecule has 1 N–H and O–H groups in total. The summed E-state index contributed by atoms with van der Waals surface area (Å²) in [5.74, 6) is -0.762. The number of phenolic OH excluding ortho intramolecular Hbond substituents is 1. The van der Waals surface area contributed by atoms with Crippen molar-refractivity contribution < 1.29 is 33.4 Å². The molecule has 1 atom stereocenters. The number of carbonyl (C=O) groups excluding carboxylic acids is 2. The number of rotatable bonds is 9. The molecule has 1 aromatic rings. The van der Waals surface area contributed by atoms with Gasteiger partial charge in [0.05, 0.1) is 31.2 Å². The van der Waals surface area contributed by atoms with Crippen molar-refractivity contribution in [2.45, 2.75) is 200 Å². The molecule has 0 aliphatic carbocycles. The van der Waals surface area contributed by atoms with E-state index >= 15 is 9.59 Å². The minimum Gasteiger partial charge on any atom is -0.507 e. The zero-order chi connectivity index (χ0) is 37.9. The standard InChI is InChI=1S/C42H73N2O5/c1-18-19-26-48-34(46)42(43(16)38(8,9)22-20-23-39(43,10)11,35(47)49-44(17)40(12,13)24-21-25-41(44,14)15)29-30-27-31(36(2,3)4)33(45)32(28-30)37(5,6)7/h27-28H,18-26,29H2,1-17H3/q+1/p+1. The number of esters is 1. The van der Waals surface area contributed by atoms with Gasteiger partial charge in [-0.1, -0.05) is 67.0 Å². The Morgan fingerprint density at radius 2 is 1.14 bits per heavy atom. The molecule has 0 bridgehead atoms. The van der Waals surface area contributed by atoms with Gasteiger partial charge in [0.25, 0.3) is 0 Å². The molecule has 2 saturated heterocycles. The van der Waals surface area contributed by atoms with Crippen LogP contribution in [0.25, 0.3) is 0 Å². The van der Waals surface area contributed by atoms with Gasteiger partial charge < -0.3 is 9.84 Å². The lowest BCUT2D eigenvalue weighted by atomic mass is 9.69. The van der Waals surface area contributed by atoms with Gasteiger partial charge in [-0.2, -0.15) is 0 Å². The number of nitrogens with zero attached hydrogens (tertiary/aromatic N) is 2. The molecule has 2 aliphatic rings. The summed E-state index contributed by atoms with van der Waals surface area (Å²) in [4.78, 5) is 38.3. The normalized spacial score (nSPS) is 23.6. The smallest absolute Gasteiger partial charge is 0.438 e. The van der Waals surface area contributed by atoms with Crippen LogP contribution in [0.5, 0.6) is 5.75 Å². The maximum atomic E-state index is 15.9. The number of benzene rings is 1. The summed E-state index contributed by atoms with van der Waals surface area (Å²) in [6, 6.07) is 4.04. The highest BCUT2D eigenvalue weighted by Crippen LogP contribution is 2.54. The van der Waals surface area contributed by atoms with Gasteiger partial charge in [-0.25, -0.2) is 9.59 Å². The van der Waals surface area contributed by atoms with E-state index < -0.39 is 28.6 Å². The van der Waals surface area contributed by atoms with E-state index in [1.54, 1.807) is 0 Å². The van der Waals surface area contributed by atoms with Crippen LogP contribution in [-0.4, -0.2) is 74.6 Å². The van der Waals surface area contributed by atoms with E-state index in [1.165, 1.54) is 0 Å². The Kier molecular flexibility index (Phi) is 11.1. The lowest BCUT2D eigenvalue weighted by molar-refractivity contribution is -1.15. The molecule has 280 valence electrons. The second kappa shape index (κ2) is 13.1. The number of likely N-dealkylation sites (N-methyl/N-ethyl adjacent to an activating group) is 1. The molecular weight excluding hydrogens is 612 g/mol. The van der Waals surface area contributed by atoms with Crippen LogP contribution in [0.1, 0.15) is 172 Å². The average Bonchev–Trinajstić information content (AvgIpc) is 2.92. The summed E-state index contributed by atoms with van der Waals surface area (Å²) >= 11 is 0. The van der Waals surface area contributed by atoms with Crippen LogP contribution in [0, 0.1) is 0 Å². The Morgan fingerprint density at radius 1 is 0.735 bits per heavy atom. The van der Waals surface area contributed by atoms with Crippen LogP contribution < -0.4 is 0 Å². The van der Waals surface area contributed by atoms with E-state index in [2.05, 4.69) is 111 Å². The lowest BCUT2D eigenvalue weighted by Gasteiger charge is -2.65. The Labute approximate surface area is 300 Å². The Bertz CT molecular complexity index is 1320. The summed E-state index contributed by atoms with van der Waals surface area (Å²) in [5, 5.41) is 11.7. The van der Waals surface area contributed by atoms with E-state index in [4.69, 9.17) is 9.57 Å². The fourth-order valence-corrected chi connectivity index (χ4v) is 9.36. The first-order valence-electron chi connectivity index (χ1n) is 19.0. The van der Waals surface area contributed by atoms with Crippen LogP contribution >= 0.6 is 0 Å². The number of hydrogen-bond acceptors (Lipinski definition) is 5. The maximum Gasteiger partial charge on any atom is 0.438 e. The molecule has 3 rings (SSSR count). The third-order valence-corrected chi connectivity index (χ3v) is 13.6. The molecule has 49 heavy (non-hydrogen) atoms. The van der Waals surface area contributed by atoms with Gasteiger partial charge in [0.2, 0.25) is 0 Å². The number of unbranched alkanes of at least 4 members (excludes halogenated alkanes) is 1. The second-order valence-corrected chi connectivity index (χ2v) is 20.3. The van der Waals surface area contributed by atoms with Gasteiger partial charge in [0, 0.05) is 25.7 Å². The van der Waals surface area contributed by atoms with Crippen molar-refractivity contribution in [1.29, 1.82) is 0 Å². The van der Waals surface area contributed by atoms with Gasteiger partial charge in [0.15, 0.2) is 0 Å². The fourth-order valence-electron chi connectivity index (χ4n) is 9.36. The average molecular weight is 687 g/mol. The Balaban J connectivity index is 2.53. The summed E-state index contributed by atoms with van der Waals surface area (Å²) in [6.07, 6.45) is 7.22. The highest BCUT2D eigenvalue weighted by atomic mass is 16.8. The lowest BCUT2D eigenvalue weighted by Crippen LogP contribution is -2.86. The van der Waals surface area contributed by atoms with Crippen molar-refractivity contribution in [2.24, 2.45) is 0 Å². The Morgan fingerprint density at radius 3 is 1.53 bits per heavy atom. The molecule has 2 heterocycles. The predicted octanol–water partition coefficient (Wildman–Crippen LogP) is 9.45. The summed E-state index contributed by atoms with van der Waals surface area (Å²) in [7, 11) is 4.15. The third-order valence-electron chi connectivity index (χ3n) is 13.6. The van der Waals surface area contributed by atoms with Crippen molar-refractivity contribution in [1.82, 2.24) is 0 Å². The molecule has 1 aromatic carbocycles. The maximum absolute atomic E-state index is 15.9. The number of aromatic hydroxyl groups is 1. The summed E-state index contributed by atoms with van der Waals surface area (Å²) in [5.41, 5.74) is -1.79. The molecule has 0 amide bonds. The molecular formula is C42H74N2O5+2. The number of carbonyl (C=O) groups is 2. The van der Waals surface area contributed by atoms with Crippen molar-refractivity contribution in [3.63, 3.8) is 0 Å². The summed E-state index contributed by atoms with van der Waals surface area (Å²) in [6.45, 7) is 32.4. The zero-order valence-corrected chi connectivity index (χ0v) is 34.7. The van der Waals surface area contributed by atoms with E-state index in [0.717, 1.165) is 61.6 Å². The number of hydroxylamine groups is 3. The molecule has 0 radical (unpaired) electrons. The van der Waals surface area contributed by atoms with Crippen LogP contribution in [0.15, 0.2) is 12.1 Å². The molecule has 7 nitrogen and oxygen atoms in total. The monoisotopic (exact) mass is 687 g/mol. The molecule has 7 heteroatoms. The van der Waals surface area contributed by atoms with Crippen molar-refractivity contribution in [3.05, 3.63) is 28.8 Å². The zero-order valence-electron chi connectivity index (χ0n) is 34.7.